The number of carbonyl (C=O) groups is 1. The highest BCUT2D eigenvalue weighted by Gasteiger charge is 2.22. The minimum atomic E-state index is 0.251. The summed E-state index contributed by atoms with van der Waals surface area (Å²) in [6.45, 7) is 6.10. The fourth-order valence-corrected chi connectivity index (χ4v) is 3.71. The molecule has 1 aromatic carbocycles. The topological polar surface area (TPSA) is 50.8 Å². The zero-order valence-electron chi connectivity index (χ0n) is 13.5. The number of fused-ring (bicyclic) bond motifs is 1. The fraction of sp³-hybridized carbons (Fsp3) is 0.588. The second-order valence-electron chi connectivity index (χ2n) is 5.90. The van der Waals surface area contributed by atoms with Gasteiger partial charge < -0.3 is 19.7 Å². The first-order valence-corrected chi connectivity index (χ1v) is 9.25. The molecular formula is C17H24N2O3S. The average molecular weight is 336 g/mol. The Balaban J connectivity index is 1.50. The third kappa shape index (κ3) is 4.32. The number of hydrogen-bond acceptors (Lipinski definition) is 5. The molecule has 2 aliphatic rings. The van der Waals surface area contributed by atoms with Crippen LogP contribution in [0.1, 0.15) is 19.8 Å². The van der Waals surface area contributed by atoms with E-state index >= 15 is 0 Å². The SMILES string of the molecule is CC1CNCCN1C(=O)CCSc1ccc2c(c1)OCCCO2. The minimum Gasteiger partial charge on any atom is -0.490 e. The molecule has 2 heterocycles. The number of piperazine rings is 1. The van der Waals surface area contributed by atoms with E-state index in [4.69, 9.17) is 9.47 Å². The molecule has 0 aliphatic carbocycles. The average Bonchev–Trinajstić information content (AvgIpc) is 2.80. The molecule has 1 N–H and O–H groups in total. The van der Waals surface area contributed by atoms with Crippen LogP contribution in [0.15, 0.2) is 23.1 Å². The maximum atomic E-state index is 12.3. The monoisotopic (exact) mass is 336 g/mol. The van der Waals surface area contributed by atoms with Crippen LogP contribution in [0.3, 0.4) is 0 Å². The zero-order chi connectivity index (χ0) is 16.1. The van der Waals surface area contributed by atoms with E-state index < -0.39 is 0 Å². The van der Waals surface area contributed by atoms with Crippen molar-refractivity contribution >= 4 is 17.7 Å². The molecular weight excluding hydrogens is 312 g/mol. The van der Waals surface area contributed by atoms with E-state index in [1.807, 2.05) is 23.1 Å². The van der Waals surface area contributed by atoms with Crippen molar-refractivity contribution in [1.82, 2.24) is 10.2 Å². The van der Waals surface area contributed by atoms with Gasteiger partial charge >= 0.3 is 0 Å². The molecule has 0 bridgehead atoms. The predicted octanol–water partition coefficient (Wildman–Crippen LogP) is 2.15. The lowest BCUT2D eigenvalue weighted by Gasteiger charge is -2.34. The molecule has 1 unspecified atom stereocenters. The molecule has 1 saturated heterocycles. The van der Waals surface area contributed by atoms with Crippen LogP contribution in [0.5, 0.6) is 11.5 Å². The van der Waals surface area contributed by atoms with E-state index in [1.165, 1.54) is 0 Å². The van der Waals surface area contributed by atoms with Crippen molar-refractivity contribution in [2.24, 2.45) is 0 Å². The van der Waals surface area contributed by atoms with Crippen LogP contribution < -0.4 is 14.8 Å². The summed E-state index contributed by atoms with van der Waals surface area (Å²) in [6, 6.07) is 6.31. The van der Waals surface area contributed by atoms with Gasteiger partial charge in [-0.1, -0.05) is 0 Å². The van der Waals surface area contributed by atoms with Crippen LogP contribution in [-0.2, 0) is 4.79 Å². The highest BCUT2D eigenvalue weighted by molar-refractivity contribution is 7.99. The molecule has 23 heavy (non-hydrogen) atoms. The van der Waals surface area contributed by atoms with Gasteiger partial charge in [0.1, 0.15) is 0 Å². The molecule has 126 valence electrons. The van der Waals surface area contributed by atoms with Crippen molar-refractivity contribution in [3.63, 3.8) is 0 Å². The summed E-state index contributed by atoms with van der Waals surface area (Å²) in [5.41, 5.74) is 0. The maximum Gasteiger partial charge on any atom is 0.223 e. The number of carbonyl (C=O) groups excluding carboxylic acids is 1. The van der Waals surface area contributed by atoms with Gasteiger partial charge in [-0.2, -0.15) is 0 Å². The quantitative estimate of drug-likeness (QED) is 0.854. The summed E-state index contributed by atoms with van der Waals surface area (Å²) in [6.07, 6.45) is 1.48. The Hall–Kier alpha value is -1.40. The highest BCUT2D eigenvalue weighted by Crippen LogP contribution is 2.34. The van der Waals surface area contributed by atoms with Gasteiger partial charge in [-0.15, -0.1) is 11.8 Å². The second kappa shape index (κ2) is 7.93. The number of thioether (sulfide) groups is 1. The van der Waals surface area contributed by atoms with Crippen molar-refractivity contribution in [2.75, 3.05) is 38.6 Å². The first-order chi connectivity index (χ1) is 11.2. The largest absolute Gasteiger partial charge is 0.490 e. The molecule has 0 aromatic heterocycles. The van der Waals surface area contributed by atoms with E-state index in [0.717, 1.165) is 48.2 Å². The Labute approximate surface area is 141 Å². The molecule has 1 amide bonds. The van der Waals surface area contributed by atoms with Crippen LogP contribution in [0.25, 0.3) is 0 Å². The van der Waals surface area contributed by atoms with Crippen LogP contribution in [0.2, 0.25) is 0 Å². The van der Waals surface area contributed by atoms with Gasteiger partial charge in [-0.3, -0.25) is 4.79 Å². The molecule has 1 aromatic rings. The summed E-state index contributed by atoms with van der Waals surface area (Å²) in [7, 11) is 0. The maximum absolute atomic E-state index is 12.3. The third-order valence-electron chi connectivity index (χ3n) is 4.13. The van der Waals surface area contributed by atoms with Gasteiger partial charge in [0.05, 0.1) is 13.2 Å². The van der Waals surface area contributed by atoms with Crippen molar-refractivity contribution in [1.29, 1.82) is 0 Å². The number of nitrogens with zero attached hydrogens (tertiary/aromatic N) is 1. The Kier molecular flexibility index (Phi) is 5.67. The second-order valence-corrected chi connectivity index (χ2v) is 7.07. The Bertz CT molecular complexity index is 553. The molecule has 1 fully saturated rings. The van der Waals surface area contributed by atoms with Crippen LogP contribution >= 0.6 is 11.8 Å². The molecule has 0 saturated carbocycles. The van der Waals surface area contributed by atoms with E-state index in [-0.39, 0.29) is 5.91 Å². The number of benzene rings is 1. The zero-order valence-corrected chi connectivity index (χ0v) is 14.4. The van der Waals surface area contributed by atoms with Crippen molar-refractivity contribution < 1.29 is 14.3 Å². The summed E-state index contributed by atoms with van der Waals surface area (Å²) < 4.78 is 11.3. The van der Waals surface area contributed by atoms with E-state index in [1.54, 1.807) is 11.8 Å². The van der Waals surface area contributed by atoms with Crippen molar-refractivity contribution in [3.05, 3.63) is 18.2 Å². The number of hydrogen-bond donors (Lipinski definition) is 1. The lowest BCUT2D eigenvalue weighted by Crippen LogP contribution is -2.52. The van der Waals surface area contributed by atoms with Gasteiger partial charge in [0.25, 0.3) is 0 Å². The molecule has 0 radical (unpaired) electrons. The van der Waals surface area contributed by atoms with E-state index in [9.17, 15) is 4.79 Å². The lowest BCUT2D eigenvalue weighted by molar-refractivity contribution is -0.133. The molecule has 0 spiro atoms. The van der Waals surface area contributed by atoms with Gasteiger partial charge in [0.15, 0.2) is 11.5 Å². The standard InChI is InChI=1S/C17H24N2O3S/c1-13-12-18-6-7-19(13)17(20)5-10-23-14-3-4-15-16(11-14)22-9-2-8-21-15/h3-4,11,13,18H,2,5-10,12H2,1H3. The molecule has 2 aliphatic heterocycles. The highest BCUT2D eigenvalue weighted by atomic mass is 32.2. The molecule has 3 rings (SSSR count). The van der Waals surface area contributed by atoms with Gasteiger partial charge in [0, 0.05) is 49.2 Å². The predicted molar refractivity (Wildman–Crippen MR) is 91.4 cm³/mol. The number of rotatable bonds is 4. The third-order valence-corrected chi connectivity index (χ3v) is 5.12. The van der Waals surface area contributed by atoms with Gasteiger partial charge in [-0.25, -0.2) is 0 Å². The van der Waals surface area contributed by atoms with E-state index in [2.05, 4.69) is 12.2 Å². The first kappa shape index (κ1) is 16.5. The number of nitrogens with one attached hydrogen (secondary N) is 1. The Morgan fingerprint density at radius 2 is 2.17 bits per heavy atom. The lowest BCUT2D eigenvalue weighted by atomic mass is 10.2. The Morgan fingerprint density at radius 3 is 3.00 bits per heavy atom. The normalized spacial score (nSPS) is 20.9. The van der Waals surface area contributed by atoms with Gasteiger partial charge in [-0.05, 0) is 25.1 Å². The van der Waals surface area contributed by atoms with Crippen molar-refractivity contribution in [3.8, 4) is 11.5 Å². The smallest absolute Gasteiger partial charge is 0.223 e. The van der Waals surface area contributed by atoms with E-state index in [0.29, 0.717) is 25.7 Å². The summed E-state index contributed by atoms with van der Waals surface area (Å²) >= 11 is 1.69. The van der Waals surface area contributed by atoms with Crippen LogP contribution in [-0.4, -0.2) is 55.4 Å². The van der Waals surface area contributed by atoms with Crippen LogP contribution in [0.4, 0.5) is 0 Å². The minimum absolute atomic E-state index is 0.251. The number of amides is 1. The molecule has 5 nitrogen and oxygen atoms in total. The Morgan fingerprint density at radius 1 is 1.35 bits per heavy atom. The summed E-state index contributed by atoms with van der Waals surface area (Å²) in [5, 5.41) is 3.31. The summed E-state index contributed by atoms with van der Waals surface area (Å²) in [4.78, 5) is 15.4. The summed E-state index contributed by atoms with van der Waals surface area (Å²) in [5.74, 6) is 2.67. The van der Waals surface area contributed by atoms with Crippen molar-refractivity contribution in [2.45, 2.75) is 30.7 Å². The first-order valence-electron chi connectivity index (χ1n) is 8.26. The van der Waals surface area contributed by atoms with Crippen LogP contribution in [0, 0.1) is 0 Å². The molecule has 6 heteroatoms. The number of ether oxygens (including phenoxy) is 2. The molecule has 1 atom stereocenters. The van der Waals surface area contributed by atoms with Gasteiger partial charge in [0.2, 0.25) is 5.91 Å². The fourth-order valence-electron chi connectivity index (χ4n) is 2.84.